The third-order valence-electron chi connectivity index (χ3n) is 3.87. The zero-order valence-corrected chi connectivity index (χ0v) is 15.9. The number of carbonyl (C=O) groups is 1. The van der Waals surface area contributed by atoms with Gasteiger partial charge in [0.25, 0.3) is 12.1 Å². The molecule has 1 amide bonds. The Morgan fingerprint density at radius 1 is 0.970 bits per heavy atom. The summed E-state index contributed by atoms with van der Waals surface area (Å²) in [6.45, 7) is 0. The number of alkyl halides is 9. The fourth-order valence-electron chi connectivity index (χ4n) is 2.38. The molecule has 1 atom stereocenters. The molecule has 0 saturated heterocycles. The van der Waals surface area contributed by atoms with Crippen molar-refractivity contribution in [3.63, 3.8) is 0 Å². The summed E-state index contributed by atoms with van der Waals surface area (Å²) in [6, 6.07) is 8.76. The van der Waals surface area contributed by atoms with Gasteiger partial charge in [-0.05, 0) is 35.9 Å². The predicted molar refractivity (Wildman–Crippen MR) is 96.6 cm³/mol. The van der Waals surface area contributed by atoms with Crippen LogP contribution in [0.3, 0.4) is 0 Å². The van der Waals surface area contributed by atoms with Crippen molar-refractivity contribution in [2.75, 3.05) is 5.32 Å². The Morgan fingerprint density at radius 3 is 2.06 bits per heavy atom. The summed E-state index contributed by atoms with van der Waals surface area (Å²) in [7, 11) is 0. The van der Waals surface area contributed by atoms with E-state index in [1.165, 1.54) is 12.1 Å². The molecule has 0 aromatic heterocycles. The minimum Gasteiger partial charge on any atom is -0.430 e. The summed E-state index contributed by atoms with van der Waals surface area (Å²) in [4.78, 5) is 12.2. The van der Waals surface area contributed by atoms with E-state index in [1.54, 1.807) is 0 Å². The van der Waals surface area contributed by atoms with Gasteiger partial charge in [-0.2, -0.15) is 40.4 Å². The van der Waals surface area contributed by atoms with Gasteiger partial charge in [0.15, 0.2) is 0 Å². The predicted octanol–water partition coefficient (Wildman–Crippen LogP) is 6.12. The largest absolute Gasteiger partial charge is 0.439 e. The second-order valence-corrected chi connectivity index (χ2v) is 6.30. The fraction of sp³-hybridized carbons (Fsp3) is 0.200. The second-order valence-electron chi connectivity index (χ2n) is 6.30. The first-order valence-electron chi connectivity index (χ1n) is 8.62. The molecule has 33 heavy (non-hydrogen) atoms. The van der Waals surface area contributed by atoms with Gasteiger partial charge in [0, 0.05) is 0 Å². The Labute approximate surface area is 179 Å². The average molecular weight is 482 g/mol. The monoisotopic (exact) mass is 482 g/mol. The number of ether oxygens (including phenoxy) is 1. The van der Waals surface area contributed by atoms with Gasteiger partial charge in [0.1, 0.15) is 17.4 Å². The highest BCUT2D eigenvalue weighted by molar-refractivity contribution is 6.10. The molecule has 2 aromatic carbocycles. The number of carbonyl (C=O) groups excluding carboxylic acids is 1. The number of halogens is 9. The quantitative estimate of drug-likeness (QED) is 0.307. The molecule has 2 aromatic rings. The van der Waals surface area contributed by atoms with Crippen molar-refractivity contribution in [2.45, 2.75) is 24.6 Å². The molecule has 0 aliphatic carbocycles. The normalized spacial score (nSPS) is 13.8. The average Bonchev–Trinajstić information content (AvgIpc) is 2.71. The Bertz CT molecular complexity index is 1070. The number of nitrogens with zero attached hydrogens (tertiary/aromatic N) is 1. The highest BCUT2D eigenvalue weighted by atomic mass is 19.4. The van der Waals surface area contributed by atoms with E-state index in [-0.39, 0.29) is 5.56 Å². The zero-order valence-electron chi connectivity index (χ0n) is 15.9. The summed E-state index contributed by atoms with van der Waals surface area (Å²) >= 11 is 0. The molecular formula is C20H11F9N2O2. The smallest absolute Gasteiger partial charge is 0.430 e. The molecule has 0 aliphatic rings. The van der Waals surface area contributed by atoms with E-state index >= 15 is 0 Å². The number of hydrogen-bond donors (Lipinski definition) is 1. The van der Waals surface area contributed by atoms with Crippen molar-refractivity contribution in [3.8, 4) is 11.8 Å². The highest BCUT2D eigenvalue weighted by Gasteiger charge is 2.59. The number of nitriles is 1. The van der Waals surface area contributed by atoms with Gasteiger partial charge in [-0.25, -0.2) is 4.39 Å². The lowest BCUT2D eigenvalue weighted by Gasteiger charge is -2.23. The van der Waals surface area contributed by atoms with E-state index in [9.17, 15) is 44.3 Å². The maximum absolute atomic E-state index is 13.3. The van der Waals surface area contributed by atoms with E-state index in [0.29, 0.717) is 18.2 Å². The summed E-state index contributed by atoms with van der Waals surface area (Å²) in [5.41, 5.74) is -2.48. The minimum absolute atomic E-state index is 0.0194. The first-order chi connectivity index (χ1) is 15.1. The van der Waals surface area contributed by atoms with Gasteiger partial charge >= 0.3 is 18.5 Å². The third-order valence-corrected chi connectivity index (χ3v) is 3.87. The topological polar surface area (TPSA) is 62.1 Å². The van der Waals surface area contributed by atoms with Gasteiger partial charge < -0.3 is 10.1 Å². The molecule has 0 spiro atoms. The van der Waals surface area contributed by atoms with Crippen LogP contribution in [0.4, 0.5) is 45.2 Å². The zero-order chi connectivity index (χ0) is 25.0. The molecule has 1 N–H and O–H groups in total. The molecule has 0 saturated carbocycles. The maximum Gasteiger partial charge on any atom is 0.439 e. The van der Waals surface area contributed by atoms with Crippen molar-refractivity contribution in [3.05, 3.63) is 65.2 Å². The van der Waals surface area contributed by atoms with Crippen molar-refractivity contribution in [1.29, 1.82) is 5.26 Å². The van der Waals surface area contributed by atoms with Crippen LogP contribution in [0.1, 0.15) is 11.1 Å². The summed E-state index contributed by atoms with van der Waals surface area (Å²) < 4.78 is 119. The Kier molecular flexibility index (Phi) is 7.31. The Hall–Kier alpha value is -3.69. The molecule has 0 aliphatic heterocycles. The molecule has 176 valence electrons. The maximum atomic E-state index is 13.3. The van der Waals surface area contributed by atoms with E-state index in [0.717, 1.165) is 30.3 Å². The number of amides is 1. The molecule has 2 rings (SSSR count). The van der Waals surface area contributed by atoms with Crippen LogP contribution in [0, 0.1) is 11.3 Å². The molecule has 1 unspecified atom stereocenters. The summed E-state index contributed by atoms with van der Waals surface area (Å²) in [5.74, 6) is -2.07. The van der Waals surface area contributed by atoms with Crippen LogP contribution in [0.25, 0.3) is 6.08 Å². The van der Waals surface area contributed by atoms with E-state index in [1.807, 2.05) is 5.32 Å². The Balaban J connectivity index is 2.20. The summed E-state index contributed by atoms with van der Waals surface area (Å²) in [6.07, 6.45) is -19.6. The van der Waals surface area contributed by atoms with Crippen LogP contribution in [0.5, 0.6) is 5.75 Å². The Morgan fingerprint density at radius 2 is 1.55 bits per heavy atom. The van der Waals surface area contributed by atoms with Crippen LogP contribution in [-0.2, 0) is 11.0 Å². The number of para-hydroxylation sites is 1. The molecule has 13 heteroatoms. The minimum atomic E-state index is -5.87. The standard InChI is InChI=1S/C20H11F9N2O2/c21-17(19(25,26)27)20(28,29)33-13-7-5-11(6-8-13)9-12(10-30)16(32)31-15-4-2-1-3-14(15)18(22,23)24/h1-9,17H,(H,31,32)/b12-9+. The lowest BCUT2D eigenvalue weighted by atomic mass is 10.1. The van der Waals surface area contributed by atoms with Crippen LogP contribution < -0.4 is 10.1 Å². The highest BCUT2D eigenvalue weighted by Crippen LogP contribution is 2.37. The number of benzene rings is 2. The first-order valence-corrected chi connectivity index (χ1v) is 8.62. The lowest BCUT2D eigenvalue weighted by Crippen LogP contribution is -2.45. The molecule has 0 bridgehead atoms. The van der Waals surface area contributed by atoms with Gasteiger partial charge in [-0.1, -0.05) is 24.3 Å². The van der Waals surface area contributed by atoms with Crippen LogP contribution in [0.2, 0.25) is 0 Å². The van der Waals surface area contributed by atoms with Crippen molar-refractivity contribution < 1.29 is 49.0 Å². The van der Waals surface area contributed by atoms with Gasteiger partial charge in [0.05, 0.1) is 11.3 Å². The third kappa shape index (κ3) is 6.64. The number of rotatable bonds is 6. The molecular weight excluding hydrogens is 471 g/mol. The van der Waals surface area contributed by atoms with Crippen molar-refractivity contribution in [1.82, 2.24) is 0 Å². The number of anilines is 1. The van der Waals surface area contributed by atoms with Crippen LogP contribution >= 0.6 is 0 Å². The van der Waals surface area contributed by atoms with Gasteiger partial charge in [-0.3, -0.25) is 4.79 Å². The van der Waals surface area contributed by atoms with Crippen LogP contribution in [0.15, 0.2) is 54.1 Å². The summed E-state index contributed by atoms with van der Waals surface area (Å²) in [5, 5.41) is 11.1. The van der Waals surface area contributed by atoms with Crippen molar-refractivity contribution >= 4 is 17.7 Å². The van der Waals surface area contributed by atoms with Crippen LogP contribution in [-0.4, -0.2) is 24.4 Å². The van der Waals surface area contributed by atoms with Gasteiger partial charge in [-0.15, -0.1) is 0 Å². The van der Waals surface area contributed by atoms with Crippen molar-refractivity contribution in [2.24, 2.45) is 0 Å². The second kappa shape index (κ2) is 9.43. The SMILES string of the molecule is N#C/C(=C\c1ccc(OC(F)(F)C(F)C(F)(F)F)cc1)C(=O)Nc1ccccc1C(F)(F)F. The van der Waals surface area contributed by atoms with Gasteiger partial charge in [0.2, 0.25) is 0 Å². The molecule has 4 nitrogen and oxygen atoms in total. The van der Waals surface area contributed by atoms with E-state index in [2.05, 4.69) is 4.74 Å². The molecule has 0 radical (unpaired) electrons. The lowest BCUT2D eigenvalue weighted by molar-refractivity contribution is -0.305. The number of hydrogen-bond acceptors (Lipinski definition) is 3. The molecule has 0 heterocycles. The number of nitrogens with one attached hydrogen (secondary N) is 1. The van der Waals surface area contributed by atoms with E-state index in [4.69, 9.17) is 5.26 Å². The molecule has 0 fully saturated rings. The first kappa shape index (κ1) is 25.6. The van der Waals surface area contributed by atoms with E-state index < -0.39 is 53.1 Å². The fourth-order valence-corrected chi connectivity index (χ4v) is 2.38.